The molecule has 2 N–H and O–H groups in total. The van der Waals surface area contributed by atoms with Gasteiger partial charge in [-0.15, -0.1) is 0 Å². The molecule has 16 heavy (non-hydrogen) atoms. The molecule has 0 spiro atoms. The number of aliphatic hydroxyl groups excluding tert-OH is 1. The van der Waals surface area contributed by atoms with E-state index in [1.807, 2.05) is 0 Å². The van der Waals surface area contributed by atoms with Gasteiger partial charge in [-0.3, -0.25) is 4.55 Å². The standard InChI is InChI=1S/C7H12F4O4S/c8-6(9,4-2-1-3-5-12)7(10,11)16(13,14)15/h12H,1-5H2,(H,13,14,15). The zero-order valence-electron chi connectivity index (χ0n) is 8.17. The molecule has 0 aliphatic heterocycles. The van der Waals surface area contributed by atoms with Crippen LogP contribution < -0.4 is 0 Å². The smallest absolute Gasteiger partial charge is 0.396 e. The normalized spacial score (nSPS) is 14.1. The van der Waals surface area contributed by atoms with E-state index in [9.17, 15) is 26.0 Å². The highest BCUT2D eigenvalue weighted by Crippen LogP contribution is 2.41. The van der Waals surface area contributed by atoms with Crippen molar-refractivity contribution in [3.05, 3.63) is 0 Å². The third-order valence-corrected chi connectivity index (χ3v) is 2.85. The van der Waals surface area contributed by atoms with Crippen molar-refractivity contribution >= 4 is 10.1 Å². The van der Waals surface area contributed by atoms with Crippen LogP contribution in [0.1, 0.15) is 25.7 Å². The Hall–Kier alpha value is -0.410. The summed E-state index contributed by atoms with van der Waals surface area (Å²) in [4.78, 5) is 0. The first-order valence-corrected chi connectivity index (χ1v) is 5.84. The van der Waals surface area contributed by atoms with E-state index >= 15 is 0 Å². The molecule has 9 heteroatoms. The van der Waals surface area contributed by atoms with Gasteiger partial charge in [-0.1, -0.05) is 6.42 Å². The number of unbranched alkanes of at least 4 members (excludes halogenated alkanes) is 2. The number of halogens is 4. The summed E-state index contributed by atoms with van der Waals surface area (Å²) in [5.41, 5.74) is 0. The molecule has 0 aromatic rings. The Morgan fingerprint density at radius 1 is 1.00 bits per heavy atom. The SMILES string of the molecule is O=S(=O)(O)C(F)(F)C(F)(F)CCCCCO. The van der Waals surface area contributed by atoms with Crippen molar-refractivity contribution in [1.82, 2.24) is 0 Å². The molecule has 4 nitrogen and oxygen atoms in total. The van der Waals surface area contributed by atoms with Crippen molar-refractivity contribution in [2.75, 3.05) is 6.61 Å². The van der Waals surface area contributed by atoms with Gasteiger partial charge >= 0.3 is 21.3 Å². The van der Waals surface area contributed by atoms with Crippen molar-refractivity contribution in [3.63, 3.8) is 0 Å². The van der Waals surface area contributed by atoms with Crippen LogP contribution in [0.25, 0.3) is 0 Å². The Bertz CT molecular complexity index is 314. The van der Waals surface area contributed by atoms with Crippen molar-refractivity contribution in [2.24, 2.45) is 0 Å². The van der Waals surface area contributed by atoms with Crippen LogP contribution in [0.15, 0.2) is 0 Å². The van der Waals surface area contributed by atoms with E-state index in [0.29, 0.717) is 0 Å². The highest BCUT2D eigenvalue weighted by atomic mass is 32.2. The Morgan fingerprint density at radius 3 is 1.88 bits per heavy atom. The summed E-state index contributed by atoms with van der Waals surface area (Å²) >= 11 is 0. The molecule has 0 rings (SSSR count). The molecule has 98 valence electrons. The fourth-order valence-electron chi connectivity index (χ4n) is 0.970. The van der Waals surface area contributed by atoms with Crippen LogP contribution >= 0.6 is 0 Å². The van der Waals surface area contributed by atoms with Gasteiger partial charge in [-0.25, -0.2) is 0 Å². The number of rotatable bonds is 7. The fraction of sp³-hybridized carbons (Fsp3) is 1.00. The van der Waals surface area contributed by atoms with Gasteiger partial charge in [0.25, 0.3) is 0 Å². The molecule has 0 unspecified atom stereocenters. The van der Waals surface area contributed by atoms with Gasteiger partial charge in [0.1, 0.15) is 0 Å². The molecule has 0 heterocycles. The summed E-state index contributed by atoms with van der Waals surface area (Å²) < 4.78 is 78.8. The van der Waals surface area contributed by atoms with E-state index in [1.54, 1.807) is 0 Å². The molecule has 0 aromatic carbocycles. The average Bonchev–Trinajstić information content (AvgIpc) is 2.10. The van der Waals surface area contributed by atoms with Crippen LogP contribution in [0.4, 0.5) is 17.6 Å². The van der Waals surface area contributed by atoms with E-state index in [-0.39, 0.29) is 25.9 Å². The van der Waals surface area contributed by atoms with Crippen LogP contribution in [-0.4, -0.2) is 35.9 Å². The molecule has 0 aromatic heterocycles. The Balaban J connectivity index is 4.54. The number of hydrogen-bond donors (Lipinski definition) is 2. The number of alkyl halides is 4. The van der Waals surface area contributed by atoms with E-state index in [4.69, 9.17) is 9.66 Å². The molecule has 0 amide bonds. The van der Waals surface area contributed by atoms with Gasteiger partial charge in [0, 0.05) is 13.0 Å². The van der Waals surface area contributed by atoms with Gasteiger partial charge < -0.3 is 5.11 Å². The molecule has 0 saturated heterocycles. The van der Waals surface area contributed by atoms with E-state index in [0.717, 1.165) is 0 Å². The maximum atomic E-state index is 12.8. The van der Waals surface area contributed by atoms with Gasteiger partial charge in [0.05, 0.1) is 0 Å². The van der Waals surface area contributed by atoms with E-state index in [1.165, 1.54) is 0 Å². The van der Waals surface area contributed by atoms with Crippen LogP contribution in [-0.2, 0) is 10.1 Å². The third-order valence-electron chi connectivity index (χ3n) is 1.90. The maximum absolute atomic E-state index is 12.8. The third kappa shape index (κ3) is 3.56. The lowest BCUT2D eigenvalue weighted by molar-refractivity contribution is -0.164. The molecular formula is C7H12F4O4S. The first kappa shape index (κ1) is 15.6. The van der Waals surface area contributed by atoms with Crippen LogP contribution in [0.2, 0.25) is 0 Å². The van der Waals surface area contributed by atoms with Crippen molar-refractivity contribution in [3.8, 4) is 0 Å². The lowest BCUT2D eigenvalue weighted by atomic mass is 10.1. The van der Waals surface area contributed by atoms with Crippen LogP contribution in [0, 0.1) is 0 Å². The summed E-state index contributed by atoms with van der Waals surface area (Å²) in [6, 6.07) is 0. The second-order valence-corrected chi connectivity index (χ2v) is 4.69. The first-order valence-electron chi connectivity index (χ1n) is 4.40. The van der Waals surface area contributed by atoms with Crippen LogP contribution in [0.3, 0.4) is 0 Å². The van der Waals surface area contributed by atoms with E-state index in [2.05, 4.69) is 0 Å². The quantitative estimate of drug-likeness (QED) is 0.418. The highest BCUT2D eigenvalue weighted by molar-refractivity contribution is 7.87. The molecule has 0 aliphatic carbocycles. The lowest BCUT2D eigenvalue weighted by Gasteiger charge is -2.23. The lowest BCUT2D eigenvalue weighted by Crippen LogP contribution is -2.46. The van der Waals surface area contributed by atoms with Crippen molar-refractivity contribution in [1.29, 1.82) is 0 Å². The minimum absolute atomic E-state index is 0.0631. The molecule has 0 radical (unpaired) electrons. The predicted octanol–water partition coefficient (Wildman–Crippen LogP) is 1.66. The molecular weight excluding hydrogens is 256 g/mol. The molecule has 0 aliphatic rings. The van der Waals surface area contributed by atoms with Crippen molar-refractivity contribution in [2.45, 2.75) is 36.9 Å². The Kier molecular flexibility index (Phi) is 5.15. The van der Waals surface area contributed by atoms with Gasteiger partial charge in [0.2, 0.25) is 0 Å². The second-order valence-electron chi connectivity index (χ2n) is 3.23. The number of aliphatic hydroxyl groups is 1. The summed E-state index contributed by atoms with van der Waals surface area (Å²) in [6.45, 7) is -0.264. The Labute approximate surface area is 90.0 Å². The van der Waals surface area contributed by atoms with Crippen LogP contribution in [0.5, 0.6) is 0 Å². The average molecular weight is 268 g/mol. The second kappa shape index (κ2) is 5.28. The topological polar surface area (TPSA) is 74.6 Å². The molecule has 0 fully saturated rings. The molecule has 0 atom stereocenters. The number of hydrogen-bond acceptors (Lipinski definition) is 3. The largest absolute Gasteiger partial charge is 0.431 e. The van der Waals surface area contributed by atoms with Gasteiger partial charge in [-0.2, -0.15) is 26.0 Å². The monoisotopic (exact) mass is 268 g/mol. The van der Waals surface area contributed by atoms with Crippen molar-refractivity contribution < 1.29 is 35.6 Å². The Morgan fingerprint density at radius 2 is 1.50 bits per heavy atom. The zero-order valence-corrected chi connectivity index (χ0v) is 8.98. The maximum Gasteiger partial charge on any atom is 0.431 e. The summed E-state index contributed by atoms with van der Waals surface area (Å²) in [6.07, 6.45) is -1.53. The zero-order chi connectivity index (χ0) is 13.0. The predicted molar refractivity (Wildman–Crippen MR) is 47.0 cm³/mol. The van der Waals surface area contributed by atoms with E-state index < -0.39 is 27.7 Å². The highest BCUT2D eigenvalue weighted by Gasteiger charge is 2.64. The minimum Gasteiger partial charge on any atom is -0.396 e. The first-order chi connectivity index (χ1) is 7.06. The van der Waals surface area contributed by atoms with Gasteiger partial charge in [0.15, 0.2) is 0 Å². The van der Waals surface area contributed by atoms with Gasteiger partial charge in [-0.05, 0) is 12.8 Å². The summed E-state index contributed by atoms with van der Waals surface area (Å²) in [7, 11) is -6.14. The molecule has 0 bridgehead atoms. The summed E-state index contributed by atoms with van der Waals surface area (Å²) in [5.74, 6) is -4.82. The fourth-order valence-corrected chi connectivity index (χ4v) is 1.45. The molecule has 0 saturated carbocycles. The summed E-state index contributed by atoms with van der Waals surface area (Å²) in [5, 5.41) is 2.83. The minimum atomic E-state index is -6.14.